The Labute approximate surface area is 268 Å². The molecule has 1 amide bonds. The maximum Gasteiger partial charge on any atom is 0.573 e. The van der Waals surface area contributed by atoms with E-state index in [0.29, 0.717) is 63.5 Å². The Morgan fingerprint density at radius 3 is 2.43 bits per heavy atom. The molecule has 0 spiro atoms. The van der Waals surface area contributed by atoms with Crippen molar-refractivity contribution >= 4 is 11.7 Å². The van der Waals surface area contributed by atoms with E-state index in [2.05, 4.69) is 25.3 Å². The molecule has 0 aliphatic carbocycles. The Balaban J connectivity index is 1.16. The van der Waals surface area contributed by atoms with Gasteiger partial charge in [-0.3, -0.25) is 4.79 Å². The molecule has 3 aliphatic heterocycles. The highest BCUT2D eigenvalue weighted by Crippen LogP contribution is 2.33. The van der Waals surface area contributed by atoms with Crippen molar-refractivity contribution in [3.8, 4) is 5.75 Å². The molecule has 2 unspecified atom stereocenters. The number of anilines is 1. The van der Waals surface area contributed by atoms with Crippen LogP contribution in [0.25, 0.3) is 0 Å². The van der Waals surface area contributed by atoms with E-state index in [1.165, 1.54) is 35.2 Å². The Morgan fingerprint density at radius 2 is 1.74 bits per heavy atom. The van der Waals surface area contributed by atoms with Crippen LogP contribution in [0.1, 0.15) is 66.5 Å². The predicted octanol–water partition coefficient (Wildman–Crippen LogP) is 5.36. The second kappa shape index (κ2) is 15.3. The first kappa shape index (κ1) is 35.1. The molecule has 1 aromatic heterocycles. The summed E-state index contributed by atoms with van der Waals surface area (Å²) < 4.78 is 99.7. The first-order chi connectivity index (χ1) is 22.4. The smallest absolute Gasteiger partial charge is 0.406 e. The van der Waals surface area contributed by atoms with Crippen LogP contribution in [-0.4, -0.2) is 91.9 Å². The van der Waals surface area contributed by atoms with Crippen LogP contribution in [0.2, 0.25) is 0 Å². The molecule has 0 bridgehead atoms. The lowest BCUT2D eigenvalue weighted by molar-refractivity contribution is -0.274. The van der Waals surface area contributed by atoms with E-state index in [1.54, 1.807) is 7.11 Å². The monoisotopic (exact) mass is 675 g/mol. The fourth-order valence-corrected chi connectivity index (χ4v) is 6.19. The summed E-state index contributed by atoms with van der Waals surface area (Å²) >= 11 is 0. The number of piperidine rings is 1. The fraction of sp³-hybridized carbons (Fsp3) is 0.645. The largest absolute Gasteiger partial charge is 0.573 e. The van der Waals surface area contributed by atoms with Crippen LogP contribution in [0.15, 0.2) is 30.3 Å². The number of halogens is 6. The minimum atomic E-state index is -4.87. The van der Waals surface area contributed by atoms with E-state index in [9.17, 15) is 31.1 Å². The van der Waals surface area contributed by atoms with Gasteiger partial charge in [-0.25, -0.2) is 9.97 Å². The van der Waals surface area contributed by atoms with E-state index >= 15 is 0 Å². The van der Waals surface area contributed by atoms with Gasteiger partial charge in [0, 0.05) is 57.9 Å². The van der Waals surface area contributed by atoms with Crippen molar-refractivity contribution in [1.82, 2.24) is 20.2 Å². The normalized spacial score (nSPS) is 24.6. The first-order valence-corrected chi connectivity index (χ1v) is 15.7. The highest BCUT2D eigenvalue weighted by molar-refractivity contribution is 5.93. The zero-order chi connectivity index (χ0) is 33.6. The number of carbonyl (C=O) groups is 1. The molecule has 4 atom stereocenters. The lowest BCUT2D eigenvalue weighted by Gasteiger charge is -2.35. The number of hydrogen-bond acceptors (Lipinski definition) is 9. The number of methoxy groups -OCH3 is 1. The number of rotatable bonds is 10. The maximum absolute atomic E-state index is 13.8. The molecule has 5 rings (SSSR count). The minimum absolute atomic E-state index is 0.0231. The van der Waals surface area contributed by atoms with Gasteiger partial charge in [-0.2, -0.15) is 13.2 Å². The van der Waals surface area contributed by atoms with Crippen LogP contribution in [-0.2, 0) is 20.4 Å². The van der Waals surface area contributed by atoms with Crippen LogP contribution in [0.3, 0.4) is 0 Å². The summed E-state index contributed by atoms with van der Waals surface area (Å²) in [5.74, 6) is -2.21. The third-order valence-electron chi connectivity index (χ3n) is 8.74. The number of likely N-dealkylation sites (tertiary alicyclic amines) is 1. The molecule has 2 aromatic rings. The van der Waals surface area contributed by atoms with E-state index in [4.69, 9.17) is 14.2 Å². The van der Waals surface area contributed by atoms with E-state index in [0.717, 1.165) is 19.4 Å². The molecule has 16 heteroatoms. The average Bonchev–Trinajstić information content (AvgIpc) is 3.05. The van der Waals surface area contributed by atoms with Gasteiger partial charge in [0.05, 0.1) is 24.9 Å². The zero-order valence-electron chi connectivity index (χ0n) is 25.9. The predicted molar refractivity (Wildman–Crippen MR) is 157 cm³/mol. The molecule has 2 N–H and O–H groups in total. The molecule has 260 valence electrons. The standard InChI is InChI=1S/C31H39F6N5O5/c1-44-26-18-45-14-11-20(26)16-38-21-9-12-42(13-10-21)28(43)24-15-27(41-29(40-24)30(32,33)34)39-17-23-3-2-4-25(46-23)19-5-7-22(8-6-19)47-31(35,36)37/h5-8,15,20-21,23,25-26,38H,2-4,9-14,16-18H2,1H3,(H,39,40,41)/t20?,23-,25+,26?/m1/s1. The summed E-state index contributed by atoms with van der Waals surface area (Å²) in [6.45, 7) is 2.83. The van der Waals surface area contributed by atoms with Crippen molar-refractivity contribution in [2.45, 2.75) is 75.4 Å². The Morgan fingerprint density at radius 1 is 1.00 bits per heavy atom. The number of ether oxygens (including phenoxy) is 4. The Bertz CT molecular complexity index is 1320. The number of aromatic nitrogens is 2. The molecule has 0 radical (unpaired) electrons. The molecule has 1 aromatic carbocycles. The number of nitrogens with zero attached hydrogens (tertiary/aromatic N) is 3. The van der Waals surface area contributed by atoms with Crippen molar-refractivity contribution in [3.63, 3.8) is 0 Å². The highest BCUT2D eigenvalue weighted by Gasteiger charge is 2.37. The van der Waals surface area contributed by atoms with Gasteiger partial charge in [-0.05, 0) is 56.2 Å². The quantitative estimate of drug-likeness (QED) is 0.322. The van der Waals surface area contributed by atoms with Crippen LogP contribution in [0, 0.1) is 5.92 Å². The number of carbonyl (C=O) groups excluding carboxylic acids is 1. The van der Waals surface area contributed by atoms with Gasteiger partial charge in [-0.1, -0.05) is 12.1 Å². The van der Waals surface area contributed by atoms with Crippen molar-refractivity contribution in [3.05, 3.63) is 47.4 Å². The average molecular weight is 676 g/mol. The number of hydrogen-bond donors (Lipinski definition) is 2. The Kier molecular flexibility index (Phi) is 11.5. The topological polar surface area (TPSA) is 107 Å². The summed E-state index contributed by atoms with van der Waals surface area (Å²) in [7, 11) is 1.67. The molecule has 0 saturated carbocycles. The van der Waals surface area contributed by atoms with Crippen molar-refractivity contribution in [2.24, 2.45) is 5.92 Å². The van der Waals surface area contributed by atoms with Crippen LogP contribution in [0.4, 0.5) is 32.2 Å². The SMILES string of the molecule is COC1COCCC1CNC1CCN(C(=O)c2cc(NC[C@H]3CCC[C@@H](c4ccc(OC(F)(F)F)cc4)O3)nc(C(F)(F)F)n2)CC1. The lowest BCUT2D eigenvalue weighted by atomic mass is 9.95. The summed E-state index contributed by atoms with van der Waals surface area (Å²) in [6.07, 6.45) is -6.36. The third-order valence-corrected chi connectivity index (χ3v) is 8.74. The summed E-state index contributed by atoms with van der Waals surface area (Å²) in [4.78, 5) is 22.0. The number of benzene rings is 1. The molecule has 3 saturated heterocycles. The maximum atomic E-state index is 13.8. The fourth-order valence-electron chi connectivity index (χ4n) is 6.19. The lowest BCUT2D eigenvalue weighted by Crippen LogP contribution is -2.48. The van der Waals surface area contributed by atoms with E-state index in [-0.39, 0.29) is 36.0 Å². The van der Waals surface area contributed by atoms with Gasteiger partial charge < -0.3 is 34.5 Å². The second-order valence-electron chi connectivity index (χ2n) is 12.0. The summed E-state index contributed by atoms with van der Waals surface area (Å²) in [5, 5.41) is 6.42. The van der Waals surface area contributed by atoms with Gasteiger partial charge in [0.15, 0.2) is 0 Å². The molecule has 3 aliphatic rings. The molecular weight excluding hydrogens is 636 g/mol. The highest BCUT2D eigenvalue weighted by atomic mass is 19.4. The van der Waals surface area contributed by atoms with Crippen LogP contribution in [0.5, 0.6) is 5.75 Å². The van der Waals surface area contributed by atoms with Gasteiger partial charge in [0.1, 0.15) is 17.3 Å². The van der Waals surface area contributed by atoms with E-state index < -0.39 is 36.5 Å². The van der Waals surface area contributed by atoms with Gasteiger partial charge in [-0.15, -0.1) is 13.2 Å². The van der Waals surface area contributed by atoms with Gasteiger partial charge in [0.2, 0.25) is 5.82 Å². The summed E-state index contributed by atoms with van der Waals surface area (Å²) in [6, 6.07) is 6.77. The van der Waals surface area contributed by atoms with Gasteiger partial charge >= 0.3 is 12.5 Å². The number of nitrogens with one attached hydrogen (secondary N) is 2. The zero-order valence-corrected chi connectivity index (χ0v) is 25.9. The van der Waals surface area contributed by atoms with Crippen LogP contribution < -0.4 is 15.4 Å². The molecular formula is C31H39F6N5O5. The van der Waals surface area contributed by atoms with Crippen molar-refractivity contribution in [1.29, 1.82) is 0 Å². The van der Waals surface area contributed by atoms with E-state index in [1.807, 2.05) is 0 Å². The minimum Gasteiger partial charge on any atom is -0.406 e. The number of amides is 1. The molecule has 4 heterocycles. The number of alkyl halides is 6. The molecule has 3 fully saturated rings. The first-order valence-electron chi connectivity index (χ1n) is 15.7. The third kappa shape index (κ3) is 9.90. The summed E-state index contributed by atoms with van der Waals surface area (Å²) in [5.41, 5.74) is 0.301. The van der Waals surface area contributed by atoms with Crippen molar-refractivity contribution < 1.29 is 50.1 Å². The molecule has 47 heavy (non-hydrogen) atoms. The van der Waals surface area contributed by atoms with Gasteiger partial charge in [0.25, 0.3) is 5.91 Å². The van der Waals surface area contributed by atoms with Crippen LogP contribution >= 0.6 is 0 Å². The molecule has 10 nitrogen and oxygen atoms in total. The Hall–Kier alpha value is -3.21. The van der Waals surface area contributed by atoms with Crippen molar-refractivity contribution in [2.75, 3.05) is 51.8 Å². The second-order valence-corrected chi connectivity index (χ2v) is 12.0.